The molecule has 1 spiro atoms. The van der Waals surface area contributed by atoms with E-state index in [2.05, 4.69) is 13.5 Å². The first kappa shape index (κ1) is 26.4. The standard InChI is InChI=1S/C28H38N2O6/c1-5-11-18(4)29(16-6-2)25(33)23-28-15-14-27(7-3,36-28)22(26(34)35)21(28)24(32)30(23)20(17-31)19-12-9-8-10-13-19/h6,8-10,12-13,18,20-23,31H,2,5,7,11,14-17H2,1,3-4H3,(H,34,35)/t18?,20-,21+,22-,23?,27+,28?/m1/s1. The van der Waals surface area contributed by atoms with Crippen LogP contribution in [0.1, 0.15) is 64.5 Å². The van der Waals surface area contributed by atoms with Gasteiger partial charge in [0.05, 0.1) is 24.2 Å². The molecule has 3 aliphatic rings. The first-order valence-corrected chi connectivity index (χ1v) is 13.0. The Balaban J connectivity index is 1.88. The van der Waals surface area contributed by atoms with Crippen molar-refractivity contribution in [3.05, 3.63) is 48.6 Å². The van der Waals surface area contributed by atoms with Crippen molar-refractivity contribution < 1.29 is 29.3 Å². The number of hydrogen-bond donors (Lipinski definition) is 2. The molecule has 1 aromatic carbocycles. The van der Waals surface area contributed by atoms with Gasteiger partial charge in [-0.25, -0.2) is 0 Å². The molecule has 0 aromatic heterocycles. The van der Waals surface area contributed by atoms with E-state index in [1.165, 1.54) is 4.90 Å². The summed E-state index contributed by atoms with van der Waals surface area (Å²) in [6.45, 7) is 9.64. The highest BCUT2D eigenvalue weighted by molar-refractivity contribution is 5.98. The Labute approximate surface area is 212 Å². The third-order valence-electron chi connectivity index (χ3n) is 8.66. The molecule has 3 unspecified atom stereocenters. The lowest BCUT2D eigenvalue weighted by atomic mass is 9.65. The van der Waals surface area contributed by atoms with Crippen LogP contribution in [0.5, 0.6) is 0 Å². The molecule has 7 atom stereocenters. The lowest BCUT2D eigenvalue weighted by Crippen LogP contribution is -2.58. The summed E-state index contributed by atoms with van der Waals surface area (Å²) in [5, 5.41) is 20.8. The predicted molar refractivity (Wildman–Crippen MR) is 134 cm³/mol. The number of nitrogens with zero attached hydrogens (tertiary/aromatic N) is 2. The van der Waals surface area contributed by atoms with E-state index in [-0.39, 0.29) is 11.9 Å². The number of hydrogen-bond acceptors (Lipinski definition) is 5. The number of aliphatic carboxylic acids is 1. The molecule has 1 aromatic rings. The maximum atomic E-state index is 14.4. The van der Waals surface area contributed by atoms with Crippen LogP contribution in [0, 0.1) is 11.8 Å². The van der Waals surface area contributed by atoms with Gasteiger partial charge in [0.15, 0.2) is 0 Å². The summed E-state index contributed by atoms with van der Waals surface area (Å²) in [4.78, 5) is 44.3. The largest absolute Gasteiger partial charge is 0.481 e. The molecule has 0 radical (unpaired) electrons. The topological polar surface area (TPSA) is 107 Å². The fraction of sp³-hybridized carbons (Fsp3) is 0.607. The molecule has 3 aliphatic heterocycles. The van der Waals surface area contributed by atoms with Crippen LogP contribution in [0.3, 0.4) is 0 Å². The van der Waals surface area contributed by atoms with Gasteiger partial charge in [-0.05, 0) is 38.2 Å². The number of amides is 2. The number of fused-ring (bicyclic) bond motifs is 1. The summed E-state index contributed by atoms with van der Waals surface area (Å²) >= 11 is 0. The number of aliphatic hydroxyl groups is 1. The van der Waals surface area contributed by atoms with Crippen LogP contribution in [-0.4, -0.2) is 74.2 Å². The Morgan fingerprint density at radius 2 is 1.97 bits per heavy atom. The summed E-state index contributed by atoms with van der Waals surface area (Å²) in [5.74, 6) is -3.81. The van der Waals surface area contributed by atoms with Gasteiger partial charge < -0.3 is 24.7 Å². The fourth-order valence-electron chi connectivity index (χ4n) is 7.03. The highest BCUT2D eigenvalue weighted by atomic mass is 16.5. The summed E-state index contributed by atoms with van der Waals surface area (Å²) in [7, 11) is 0. The number of carboxylic acid groups (broad SMARTS) is 1. The van der Waals surface area contributed by atoms with Crippen LogP contribution < -0.4 is 0 Å². The van der Waals surface area contributed by atoms with Gasteiger partial charge in [0.1, 0.15) is 17.6 Å². The van der Waals surface area contributed by atoms with Crippen molar-refractivity contribution in [2.24, 2.45) is 11.8 Å². The molecule has 2 N–H and O–H groups in total. The van der Waals surface area contributed by atoms with E-state index in [1.54, 1.807) is 11.0 Å². The summed E-state index contributed by atoms with van der Waals surface area (Å²) < 4.78 is 6.63. The van der Waals surface area contributed by atoms with Crippen LogP contribution in [0.4, 0.5) is 0 Å². The molecule has 8 nitrogen and oxygen atoms in total. The van der Waals surface area contributed by atoms with Crippen LogP contribution >= 0.6 is 0 Å². The smallest absolute Gasteiger partial charge is 0.310 e. The second-order valence-corrected chi connectivity index (χ2v) is 10.4. The van der Waals surface area contributed by atoms with Crippen LogP contribution in [0.2, 0.25) is 0 Å². The van der Waals surface area contributed by atoms with Crippen molar-refractivity contribution in [2.75, 3.05) is 13.2 Å². The highest BCUT2D eigenvalue weighted by Crippen LogP contribution is 2.65. The SMILES string of the molecule is C=CCN(C(=O)C1N([C@H](CO)c2ccccc2)C(=O)[C@@H]2[C@H](C(=O)O)[C@]3(CC)CCC12O3)C(C)CCC. The zero-order valence-corrected chi connectivity index (χ0v) is 21.4. The quantitative estimate of drug-likeness (QED) is 0.454. The van der Waals surface area contributed by atoms with E-state index in [0.717, 1.165) is 12.8 Å². The van der Waals surface area contributed by atoms with Crippen molar-refractivity contribution in [1.82, 2.24) is 9.80 Å². The second-order valence-electron chi connectivity index (χ2n) is 10.4. The number of ether oxygens (including phenoxy) is 1. The summed E-state index contributed by atoms with van der Waals surface area (Å²) in [6, 6.07) is 7.15. The lowest BCUT2D eigenvalue weighted by Gasteiger charge is -2.41. The van der Waals surface area contributed by atoms with Gasteiger partial charge >= 0.3 is 5.97 Å². The predicted octanol–water partition coefficient (Wildman–Crippen LogP) is 3.16. The lowest BCUT2D eigenvalue weighted by molar-refractivity contribution is -0.161. The average Bonchev–Trinajstić information content (AvgIpc) is 3.47. The number of carboxylic acids is 1. The third-order valence-corrected chi connectivity index (χ3v) is 8.66. The molecule has 3 saturated heterocycles. The highest BCUT2D eigenvalue weighted by Gasteiger charge is 2.79. The number of carbonyl (C=O) groups is 3. The van der Waals surface area contributed by atoms with E-state index in [0.29, 0.717) is 31.4 Å². The second kappa shape index (κ2) is 9.98. The monoisotopic (exact) mass is 498 g/mol. The van der Waals surface area contributed by atoms with Crippen LogP contribution in [0.25, 0.3) is 0 Å². The molecule has 36 heavy (non-hydrogen) atoms. The summed E-state index contributed by atoms with van der Waals surface area (Å²) in [6.07, 6.45) is 4.66. The molecular weight excluding hydrogens is 460 g/mol. The van der Waals surface area contributed by atoms with Crippen LogP contribution in [-0.2, 0) is 19.1 Å². The zero-order valence-electron chi connectivity index (χ0n) is 21.4. The molecular formula is C28H38N2O6. The first-order chi connectivity index (χ1) is 17.2. The van der Waals surface area contributed by atoms with Gasteiger partial charge in [0.25, 0.3) is 0 Å². The van der Waals surface area contributed by atoms with E-state index in [1.807, 2.05) is 44.2 Å². The number of likely N-dealkylation sites (tertiary alicyclic amines) is 1. The Hall–Kier alpha value is -2.71. The number of benzene rings is 1. The van der Waals surface area contributed by atoms with Gasteiger partial charge in [-0.15, -0.1) is 6.58 Å². The Morgan fingerprint density at radius 1 is 1.28 bits per heavy atom. The Kier molecular flexibility index (Phi) is 7.30. The van der Waals surface area contributed by atoms with Crippen molar-refractivity contribution in [3.63, 3.8) is 0 Å². The fourth-order valence-corrected chi connectivity index (χ4v) is 7.03. The molecule has 0 aliphatic carbocycles. The number of carbonyl (C=O) groups excluding carboxylic acids is 2. The minimum Gasteiger partial charge on any atom is -0.481 e. The number of aliphatic hydroxyl groups excluding tert-OH is 1. The molecule has 4 rings (SSSR count). The Bertz CT molecular complexity index is 1010. The maximum absolute atomic E-state index is 14.4. The van der Waals surface area contributed by atoms with Crippen molar-refractivity contribution >= 4 is 17.8 Å². The van der Waals surface area contributed by atoms with E-state index in [9.17, 15) is 24.6 Å². The van der Waals surface area contributed by atoms with Gasteiger partial charge in [-0.2, -0.15) is 0 Å². The van der Waals surface area contributed by atoms with E-state index < -0.39 is 53.6 Å². The third kappa shape index (κ3) is 3.77. The Morgan fingerprint density at radius 3 is 2.53 bits per heavy atom. The van der Waals surface area contributed by atoms with Gasteiger partial charge in [0, 0.05) is 12.6 Å². The van der Waals surface area contributed by atoms with E-state index >= 15 is 0 Å². The minimum absolute atomic E-state index is 0.105. The molecule has 2 amide bonds. The molecule has 3 fully saturated rings. The van der Waals surface area contributed by atoms with Crippen LogP contribution in [0.15, 0.2) is 43.0 Å². The normalized spacial score (nSPS) is 32.3. The van der Waals surface area contributed by atoms with Crippen molar-refractivity contribution in [2.45, 2.75) is 82.2 Å². The molecule has 0 saturated carbocycles. The van der Waals surface area contributed by atoms with Gasteiger partial charge in [-0.3, -0.25) is 14.4 Å². The molecule has 2 bridgehead atoms. The minimum atomic E-state index is -1.25. The van der Waals surface area contributed by atoms with E-state index in [4.69, 9.17) is 4.74 Å². The maximum Gasteiger partial charge on any atom is 0.310 e. The summed E-state index contributed by atoms with van der Waals surface area (Å²) in [5.41, 5.74) is -1.54. The molecule has 8 heteroatoms. The average molecular weight is 499 g/mol. The van der Waals surface area contributed by atoms with Gasteiger partial charge in [0.2, 0.25) is 11.8 Å². The zero-order chi connectivity index (χ0) is 26.3. The molecule has 196 valence electrons. The molecule has 3 heterocycles. The first-order valence-electron chi connectivity index (χ1n) is 13.0. The van der Waals surface area contributed by atoms with Crippen molar-refractivity contribution in [3.8, 4) is 0 Å². The van der Waals surface area contributed by atoms with Crippen molar-refractivity contribution in [1.29, 1.82) is 0 Å². The van der Waals surface area contributed by atoms with Gasteiger partial charge in [-0.1, -0.05) is 56.7 Å². The number of rotatable bonds is 11.